The van der Waals surface area contributed by atoms with Gasteiger partial charge in [0.25, 0.3) is 0 Å². The van der Waals surface area contributed by atoms with Gasteiger partial charge in [-0.25, -0.2) is 4.98 Å². The van der Waals surface area contributed by atoms with Gasteiger partial charge in [0, 0.05) is 12.6 Å². The molecule has 0 aliphatic carbocycles. The van der Waals surface area contributed by atoms with Gasteiger partial charge in [-0.3, -0.25) is 4.79 Å². The van der Waals surface area contributed by atoms with E-state index in [0.29, 0.717) is 23.6 Å². The Hall–Kier alpha value is -1.88. The highest BCUT2D eigenvalue weighted by molar-refractivity contribution is 5.98. The molecule has 0 spiro atoms. The number of aromatic nitrogens is 1. The normalized spacial score (nSPS) is 14.4. The van der Waals surface area contributed by atoms with Crippen molar-refractivity contribution in [3.8, 4) is 0 Å². The average molecular weight is 247 g/mol. The Balaban J connectivity index is 2.24. The molecule has 0 saturated carbocycles. The number of oxazole rings is 1. The molecule has 96 valence electrons. The van der Waals surface area contributed by atoms with Crippen molar-refractivity contribution in [2.24, 2.45) is 5.73 Å². The highest BCUT2D eigenvalue weighted by Gasteiger charge is 2.25. The molecular weight excluding hydrogens is 230 g/mol. The number of fused-ring (bicyclic) bond motifs is 1. The molecule has 0 bridgehead atoms. The van der Waals surface area contributed by atoms with Gasteiger partial charge in [0.15, 0.2) is 11.5 Å². The molecule has 18 heavy (non-hydrogen) atoms. The largest absolute Gasteiger partial charge is 0.441 e. The van der Waals surface area contributed by atoms with E-state index in [2.05, 4.69) is 10.3 Å². The first-order valence-electron chi connectivity index (χ1n) is 5.90. The van der Waals surface area contributed by atoms with Gasteiger partial charge in [-0.15, -0.1) is 0 Å². The molecule has 5 heteroatoms. The molecule has 3 N–H and O–H groups in total. The van der Waals surface area contributed by atoms with Crippen LogP contribution in [0.4, 0.5) is 5.69 Å². The standard InChI is InChI=1S/C13H17N3O2/c1-4-13(3,14)12(17)16-9-5-6-11-10(7-9)15-8(2)18-11/h5-7H,4,14H2,1-3H3,(H,16,17). The van der Waals surface area contributed by atoms with E-state index >= 15 is 0 Å². The summed E-state index contributed by atoms with van der Waals surface area (Å²) in [7, 11) is 0. The van der Waals surface area contributed by atoms with Crippen molar-refractivity contribution in [3.05, 3.63) is 24.1 Å². The highest BCUT2D eigenvalue weighted by atomic mass is 16.3. The van der Waals surface area contributed by atoms with Crippen LogP contribution < -0.4 is 11.1 Å². The Labute approximate surface area is 105 Å². The lowest BCUT2D eigenvalue weighted by atomic mass is 9.99. The smallest absolute Gasteiger partial charge is 0.244 e. The molecule has 0 radical (unpaired) electrons. The fraction of sp³-hybridized carbons (Fsp3) is 0.385. The zero-order chi connectivity index (χ0) is 13.3. The number of hydrogen-bond donors (Lipinski definition) is 2. The van der Waals surface area contributed by atoms with Gasteiger partial charge in [-0.05, 0) is 31.5 Å². The molecule has 2 rings (SSSR count). The molecule has 1 unspecified atom stereocenters. The van der Waals surface area contributed by atoms with E-state index in [1.165, 1.54) is 0 Å². The van der Waals surface area contributed by atoms with Crippen molar-refractivity contribution in [2.45, 2.75) is 32.7 Å². The lowest BCUT2D eigenvalue weighted by Crippen LogP contribution is -2.47. The van der Waals surface area contributed by atoms with Crippen LogP contribution in [0.2, 0.25) is 0 Å². The minimum atomic E-state index is -0.866. The zero-order valence-electron chi connectivity index (χ0n) is 10.8. The van der Waals surface area contributed by atoms with Crippen molar-refractivity contribution < 1.29 is 9.21 Å². The first-order chi connectivity index (χ1) is 8.42. The number of nitrogens with one attached hydrogen (secondary N) is 1. The van der Waals surface area contributed by atoms with E-state index in [1.54, 1.807) is 32.0 Å². The molecule has 1 heterocycles. The number of nitrogens with two attached hydrogens (primary N) is 1. The van der Waals surface area contributed by atoms with Gasteiger partial charge < -0.3 is 15.5 Å². The van der Waals surface area contributed by atoms with Crippen LogP contribution in [0.15, 0.2) is 22.6 Å². The second-order valence-electron chi connectivity index (χ2n) is 4.64. The van der Waals surface area contributed by atoms with E-state index in [1.807, 2.05) is 6.92 Å². The van der Waals surface area contributed by atoms with Gasteiger partial charge >= 0.3 is 0 Å². The Morgan fingerprint density at radius 2 is 2.28 bits per heavy atom. The van der Waals surface area contributed by atoms with E-state index in [0.717, 1.165) is 5.52 Å². The highest BCUT2D eigenvalue weighted by Crippen LogP contribution is 2.20. The number of carbonyl (C=O) groups is 1. The van der Waals surface area contributed by atoms with E-state index in [-0.39, 0.29) is 5.91 Å². The van der Waals surface area contributed by atoms with Crippen LogP contribution in [0.25, 0.3) is 11.1 Å². The molecule has 0 aliphatic rings. The van der Waals surface area contributed by atoms with Gasteiger partial charge in [0.2, 0.25) is 5.91 Å². The maximum atomic E-state index is 11.9. The van der Waals surface area contributed by atoms with Gasteiger partial charge in [-0.2, -0.15) is 0 Å². The van der Waals surface area contributed by atoms with E-state index in [4.69, 9.17) is 10.2 Å². The van der Waals surface area contributed by atoms with Crippen LogP contribution in [0.1, 0.15) is 26.2 Å². The Morgan fingerprint density at radius 1 is 1.56 bits per heavy atom. The van der Waals surface area contributed by atoms with Gasteiger partial charge in [0.1, 0.15) is 5.52 Å². The molecule has 5 nitrogen and oxygen atoms in total. The fourth-order valence-corrected chi connectivity index (χ4v) is 1.55. The summed E-state index contributed by atoms with van der Waals surface area (Å²) in [5.74, 6) is 0.398. The van der Waals surface area contributed by atoms with Crippen LogP contribution in [0, 0.1) is 6.92 Å². The van der Waals surface area contributed by atoms with Crippen LogP contribution in [0.5, 0.6) is 0 Å². The lowest BCUT2D eigenvalue weighted by Gasteiger charge is -2.21. The lowest BCUT2D eigenvalue weighted by molar-refractivity contribution is -0.120. The van der Waals surface area contributed by atoms with Crippen molar-refractivity contribution >= 4 is 22.7 Å². The van der Waals surface area contributed by atoms with Gasteiger partial charge in [0.05, 0.1) is 5.54 Å². The summed E-state index contributed by atoms with van der Waals surface area (Å²) in [6, 6.07) is 5.33. The Bertz CT molecular complexity index is 587. The van der Waals surface area contributed by atoms with E-state index < -0.39 is 5.54 Å². The first-order valence-corrected chi connectivity index (χ1v) is 5.90. The van der Waals surface area contributed by atoms with Crippen LogP contribution in [-0.2, 0) is 4.79 Å². The third kappa shape index (κ3) is 2.36. The molecule has 0 saturated heterocycles. The van der Waals surface area contributed by atoms with Crippen LogP contribution in [0.3, 0.4) is 0 Å². The summed E-state index contributed by atoms with van der Waals surface area (Å²) < 4.78 is 5.37. The molecule has 0 aliphatic heterocycles. The number of benzene rings is 1. The third-order valence-electron chi connectivity index (χ3n) is 3.01. The van der Waals surface area contributed by atoms with Crippen molar-refractivity contribution in [1.29, 1.82) is 0 Å². The second kappa shape index (κ2) is 4.42. The average Bonchev–Trinajstić information content (AvgIpc) is 2.68. The summed E-state index contributed by atoms with van der Waals surface area (Å²) in [4.78, 5) is 16.1. The number of amides is 1. The summed E-state index contributed by atoms with van der Waals surface area (Å²) in [6.07, 6.45) is 0.574. The van der Waals surface area contributed by atoms with Crippen LogP contribution in [-0.4, -0.2) is 16.4 Å². The predicted octanol–water partition coefficient (Wildman–Crippen LogP) is 2.20. The van der Waals surface area contributed by atoms with Crippen molar-refractivity contribution in [1.82, 2.24) is 4.98 Å². The minimum Gasteiger partial charge on any atom is -0.441 e. The second-order valence-corrected chi connectivity index (χ2v) is 4.64. The third-order valence-corrected chi connectivity index (χ3v) is 3.01. The maximum Gasteiger partial charge on any atom is 0.244 e. The molecule has 2 aromatic rings. The number of nitrogens with zero attached hydrogens (tertiary/aromatic N) is 1. The molecule has 1 atom stereocenters. The number of rotatable bonds is 3. The summed E-state index contributed by atoms with van der Waals surface area (Å²) >= 11 is 0. The topological polar surface area (TPSA) is 81.2 Å². The summed E-state index contributed by atoms with van der Waals surface area (Å²) in [6.45, 7) is 5.37. The molecule has 0 fully saturated rings. The number of carbonyl (C=O) groups excluding carboxylic acids is 1. The molecule has 1 aromatic carbocycles. The number of hydrogen-bond acceptors (Lipinski definition) is 4. The zero-order valence-corrected chi connectivity index (χ0v) is 10.8. The maximum absolute atomic E-state index is 11.9. The van der Waals surface area contributed by atoms with Crippen molar-refractivity contribution in [2.75, 3.05) is 5.32 Å². The molecule has 1 aromatic heterocycles. The fourth-order valence-electron chi connectivity index (χ4n) is 1.55. The Morgan fingerprint density at radius 3 is 2.94 bits per heavy atom. The molecular formula is C13H17N3O2. The number of anilines is 1. The minimum absolute atomic E-state index is 0.204. The molecule has 1 amide bonds. The summed E-state index contributed by atoms with van der Waals surface area (Å²) in [5, 5.41) is 2.79. The van der Waals surface area contributed by atoms with Gasteiger partial charge in [-0.1, -0.05) is 6.92 Å². The van der Waals surface area contributed by atoms with Crippen molar-refractivity contribution in [3.63, 3.8) is 0 Å². The Kier molecular flexibility index (Phi) is 3.09. The first kappa shape index (κ1) is 12.6. The monoisotopic (exact) mass is 247 g/mol. The predicted molar refractivity (Wildman–Crippen MR) is 70.3 cm³/mol. The van der Waals surface area contributed by atoms with Crippen LogP contribution >= 0.6 is 0 Å². The summed E-state index contributed by atoms with van der Waals surface area (Å²) in [5.41, 5.74) is 7.11. The quantitative estimate of drug-likeness (QED) is 0.871. The van der Waals surface area contributed by atoms with E-state index in [9.17, 15) is 4.79 Å². The number of aryl methyl sites for hydroxylation is 1. The SMILES string of the molecule is CCC(C)(N)C(=O)Nc1ccc2oc(C)nc2c1.